The van der Waals surface area contributed by atoms with Gasteiger partial charge in [0.05, 0.1) is 12.4 Å². The van der Waals surface area contributed by atoms with Crippen molar-refractivity contribution in [3.63, 3.8) is 0 Å². The van der Waals surface area contributed by atoms with Crippen molar-refractivity contribution in [2.24, 2.45) is 11.7 Å². The minimum absolute atomic E-state index is 0.0572. The van der Waals surface area contributed by atoms with Crippen molar-refractivity contribution >= 4 is 34.6 Å². The van der Waals surface area contributed by atoms with Gasteiger partial charge in [0.25, 0.3) is 0 Å². The summed E-state index contributed by atoms with van der Waals surface area (Å²) < 4.78 is 0. The highest BCUT2D eigenvalue weighted by Gasteiger charge is 2.32. The van der Waals surface area contributed by atoms with E-state index in [4.69, 9.17) is 5.73 Å². The van der Waals surface area contributed by atoms with Crippen LogP contribution in [0.4, 0.5) is 0 Å². The monoisotopic (exact) mass is 601 g/mol. The minimum Gasteiger partial charge on any atom is -0.480 e. The number of amides is 3. The van der Waals surface area contributed by atoms with Crippen LogP contribution >= 0.6 is 0 Å². The van der Waals surface area contributed by atoms with Crippen molar-refractivity contribution in [3.05, 3.63) is 90.1 Å². The van der Waals surface area contributed by atoms with Gasteiger partial charge in [-0.15, -0.1) is 0 Å². The van der Waals surface area contributed by atoms with Crippen LogP contribution in [0.3, 0.4) is 0 Å². The number of imidazole rings is 1. The summed E-state index contributed by atoms with van der Waals surface area (Å²) in [7, 11) is 0. The van der Waals surface area contributed by atoms with Crippen molar-refractivity contribution in [1.29, 1.82) is 0 Å². The number of aromatic nitrogens is 3. The number of aliphatic carboxylic acids is 1. The van der Waals surface area contributed by atoms with Gasteiger partial charge in [0.15, 0.2) is 0 Å². The molecule has 3 amide bonds. The van der Waals surface area contributed by atoms with E-state index >= 15 is 0 Å². The predicted octanol–water partition coefficient (Wildman–Crippen LogP) is 1.83. The summed E-state index contributed by atoms with van der Waals surface area (Å²) in [5.74, 6) is -3.31. The molecule has 5 atom stereocenters. The summed E-state index contributed by atoms with van der Waals surface area (Å²) in [4.78, 5) is 62.5. The lowest BCUT2D eigenvalue weighted by Gasteiger charge is -2.26. The van der Waals surface area contributed by atoms with E-state index in [-0.39, 0.29) is 25.2 Å². The third-order valence-electron chi connectivity index (χ3n) is 7.76. The molecule has 4 aromatic rings. The van der Waals surface area contributed by atoms with Crippen LogP contribution in [0.15, 0.2) is 73.3 Å². The second-order valence-corrected chi connectivity index (χ2v) is 11.0. The summed E-state index contributed by atoms with van der Waals surface area (Å²) in [5.41, 5.74) is 9.44. The molecule has 2 aromatic carbocycles. The number of nitrogens with one attached hydrogen (secondary N) is 5. The van der Waals surface area contributed by atoms with Gasteiger partial charge >= 0.3 is 5.97 Å². The van der Waals surface area contributed by atoms with Gasteiger partial charge in [-0.3, -0.25) is 14.4 Å². The van der Waals surface area contributed by atoms with Gasteiger partial charge in [-0.25, -0.2) is 9.78 Å². The number of benzene rings is 2. The van der Waals surface area contributed by atoms with Gasteiger partial charge in [0.2, 0.25) is 17.7 Å². The summed E-state index contributed by atoms with van der Waals surface area (Å²) >= 11 is 0. The third kappa shape index (κ3) is 8.32. The van der Waals surface area contributed by atoms with Crippen LogP contribution < -0.4 is 21.7 Å². The second kappa shape index (κ2) is 15.0. The molecular weight excluding hydrogens is 562 g/mol. The maximum absolute atomic E-state index is 13.7. The van der Waals surface area contributed by atoms with E-state index in [1.807, 2.05) is 67.7 Å². The van der Waals surface area contributed by atoms with Crippen LogP contribution in [0.25, 0.3) is 10.9 Å². The molecule has 0 aliphatic carbocycles. The minimum atomic E-state index is -1.16. The molecule has 0 radical (unpaired) electrons. The number of carbonyl (C=O) groups is 4. The molecule has 0 saturated carbocycles. The molecule has 2 heterocycles. The lowest BCUT2D eigenvalue weighted by molar-refractivity contribution is -0.143. The fourth-order valence-electron chi connectivity index (χ4n) is 5.00. The number of hydrogen-bond acceptors (Lipinski definition) is 6. The largest absolute Gasteiger partial charge is 0.480 e. The molecule has 44 heavy (non-hydrogen) atoms. The molecule has 0 fully saturated rings. The SMILES string of the molecule is CCC(C)C(NC(=O)C(Cc1ccccc1)NC(=O)C(Cc1cnc[nH]1)NC(=O)C(N)Cc1c[nH]c2ccccc12)C(=O)O. The van der Waals surface area contributed by atoms with E-state index < -0.39 is 47.9 Å². The molecule has 4 rings (SSSR count). The van der Waals surface area contributed by atoms with Crippen molar-refractivity contribution in [2.75, 3.05) is 0 Å². The van der Waals surface area contributed by atoms with Gasteiger partial charge in [-0.2, -0.15) is 0 Å². The number of para-hydroxylation sites is 1. The molecule has 0 aliphatic heterocycles. The fraction of sp³-hybridized carbons (Fsp3) is 0.344. The van der Waals surface area contributed by atoms with E-state index in [0.717, 1.165) is 22.0 Å². The molecule has 12 heteroatoms. The molecule has 5 unspecified atom stereocenters. The van der Waals surface area contributed by atoms with Gasteiger partial charge < -0.3 is 36.8 Å². The summed E-state index contributed by atoms with van der Waals surface area (Å²) in [6, 6.07) is 12.4. The molecule has 0 bridgehead atoms. The summed E-state index contributed by atoms with van der Waals surface area (Å²) in [6.07, 6.45) is 5.74. The van der Waals surface area contributed by atoms with Crippen LogP contribution in [0.1, 0.15) is 37.1 Å². The van der Waals surface area contributed by atoms with Crippen molar-refractivity contribution < 1.29 is 24.3 Å². The van der Waals surface area contributed by atoms with E-state index in [9.17, 15) is 24.3 Å². The fourth-order valence-corrected chi connectivity index (χ4v) is 5.00. The average Bonchev–Trinajstić information content (AvgIpc) is 3.69. The number of nitrogens with two attached hydrogens (primary N) is 1. The van der Waals surface area contributed by atoms with Gasteiger partial charge in [-0.1, -0.05) is 68.8 Å². The Morgan fingerprint density at radius 1 is 0.864 bits per heavy atom. The lowest BCUT2D eigenvalue weighted by Crippen LogP contribution is -2.58. The molecular formula is C32H39N7O5. The Kier molecular flexibility index (Phi) is 10.9. The third-order valence-corrected chi connectivity index (χ3v) is 7.76. The van der Waals surface area contributed by atoms with Crippen LogP contribution in [0.2, 0.25) is 0 Å². The zero-order chi connectivity index (χ0) is 31.6. The summed E-state index contributed by atoms with van der Waals surface area (Å²) in [5, 5.41) is 18.8. The average molecular weight is 602 g/mol. The van der Waals surface area contributed by atoms with E-state index in [0.29, 0.717) is 12.1 Å². The number of nitrogens with zero attached hydrogens (tertiary/aromatic N) is 1. The highest BCUT2D eigenvalue weighted by molar-refractivity contribution is 5.94. The van der Waals surface area contributed by atoms with E-state index in [1.165, 1.54) is 12.5 Å². The number of carbonyl (C=O) groups excluding carboxylic acids is 3. The molecule has 8 N–H and O–H groups in total. The van der Waals surface area contributed by atoms with E-state index in [1.54, 1.807) is 6.92 Å². The number of fused-ring (bicyclic) bond motifs is 1. The molecule has 232 valence electrons. The topological polar surface area (TPSA) is 195 Å². The maximum Gasteiger partial charge on any atom is 0.326 e. The Morgan fingerprint density at radius 2 is 1.52 bits per heavy atom. The first-order valence-electron chi connectivity index (χ1n) is 14.6. The van der Waals surface area contributed by atoms with Crippen molar-refractivity contribution in [1.82, 2.24) is 30.9 Å². The Morgan fingerprint density at radius 3 is 2.20 bits per heavy atom. The quantitative estimate of drug-likeness (QED) is 0.108. The van der Waals surface area contributed by atoms with Crippen LogP contribution in [0.5, 0.6) is 0 Å². The van der Waals surface area contributed by atoms with Crippen LogP contribution in [-0.4, -0.2) is 67.9 Å². The Hall–Kier alpha value is -4.97. The second-order valence-electron chi connectivity index (χ2n) is 11.0. The smallest absolute Gasteiger partial charge is 0.326 e. The van der Waals surface area contributed by atoms with Gasteiger partial charge in [0, 0.05) is 41.8 Å². The Balaban J connectivity index is 1.52. The molecule has 2 aromatic heterocycles. The summed E-state index contributed by atoms with van der Waals surface area (Å²) in [6.45, 7) is 3.57. The normalized spacial score (nSPS) is 14.6. The zero-order valence-corrected chi connectivity index (χ0v) is 24.7. The Labute approximate surface area is 255 Å². The molecule has 0 aliphatic rings. The number of hydrogen-bond donors (Lipinski definition) is 7. The maximum atomic E-state index is 13.7. The van der Waals surface area contributed by atoms with Gasteiger partial charge in [0.1, 0.15) is 18.1 Å². The highest BCUT2D eigenvalue weighted by atomic mass is 16.4. The standard InChI is InChI=1S/C32H39N7O5/c1-3-19(2)28(32(43)44)39-31(42)26(13-20-9-5-4-6-10-20)38-30(41)27(15-22-17-34-18-36-22)37-29(40)24(33)14-21-16-35-25-12-8-7-11-23(21)25/h4-12,16-19,24,26-28,35H,3,13-15,33H2,1-2H3,(H,34,36)(H,37,40)(H,38,41)(H,39,42)(H,43,44). The van der Waals surface area contributed by atoms with E-state index in [2.05, 4.69) is 30.9 Å². The number of carboxylic acid groups (broad SMARTS) is 1. The van der Waals surface area contributed by atoms with Crippen molar-refractivity contribution in [2.45, 2.75) is 63.7 Å². The first-order valence-corrected chi connectivity index (χ1v) is 14.6. The number of aromatic amines is 2. The van der Waals surface area contributed by atoms with Crippen LogP contribution in [0, 0.1) is 5.92 Å². The number of rotatable bonds is 15. The zero-order valence-electron chi connectivity index (χ0n) is 24.7. The molecule has 0 spiro atoms. The first kappa shape index (κ1) is 32.0. The molecule has 12 nitrogen and oxygen atoms in total. The number of carboxylic acids is 1. The Bertz CT molecular complexity index is 1550. The van der Waals surface area contributed by atoms with Crippen molar-refractivity contribution in [3.8, 4) is 0 Å². The highest BCUT2D eigenvalue weighted by Crippen LogP contribution is 2.19. The molecule has 0 saturated heterocycles. The van der Waals surface area contributed by atoms with Crippen LogP contribution in [-0.2, 0) is 38.4 Å². The first-order chi connectivity index (χ1) is 21.2. The number of H-pyrrole nitrogens is 2. The van der Waals surface area contributed by atoms with Gasteiger partial charge in [-0.05, 0) is 29.5 Å². The lowest BCUT2D eigenvalue weighted by atomic mass is 9.98. The predicted molar refractivity (Wildman–Crippen MR) is 165 cm³/mol.